The highest BCUT2D eigenvalue weighted by molar-refractivity contribution is 5.94. The van der Waals surface area contributed by atoms with Crippen molar-refractivity contribution in [2.75, 3.05) is 38.8 Å². The number of morpholine rings is 1. The fourth-order valence-electron chi connectivity index (χ4n) is 3.51. The molecule has 1 atom stereocenters. The van der Waals surface area contributed by atoms with Crippen molar-refractivity contribution in [2.45, 2.75) is 6.10 Å². The molecule has 0 radical (unpaired) electrons. The fraction of sp³-hybridized carbons (Fsp3) is 0.273. The molecule has 1 saturated heterocycles. The maximum Gasteiger partial charge on any atom is 0.251 e. The highest BCUT2D eigenvalue weighted by Gasteiger charge is 2.23. The first-order valence-corrected chi connectivity index (χ1v) is 9.30. The number of anilines is 1. The van der Waals surface area contributed by atoms with E-state index in [2.05, 4.69) is 39.5 Å². The van der Waals surface area contributed by atoms with Crippen LogP contribution < -0.4 is 15.0 Å². The van der Waals surface area contributed by atoms with Crippen molar-refractivity contribution in [2.24, 2.45) is 0 Å². The first kappa shape index (κ1) is 18.3. The Labute approximate surface area is 164 Å². The smallest absolute Gasteiger partial charge is 0.251 e. The maximum atomic E-state index is 11.9. The predicted octanol–water partition coefficient (Wildman–Crippen LogP) is 3.18. The summed E-state index contributed by atoms with van der Waals surface area (Å²) in [5, 5.41) is 4.94. The molecular formula is C22H23N3O3. The minimum Gasteiger partial charge on any atom is -0.497 e. The van der Waals surface area contributed by atoms with Gasteiger partial charge in [-0.25, -0.2) is 4.98 Å². The Kier molecular flexibility index (Phi) is 5.12. The van der Waals surface area contributed by atoms with Crippen LogP contribution >= 0.6 is 0 Å². The summed E-state index contributed by atoms with van der Waals surface area (Å²) >= 11 is 0. The number of carbonyl (C=O) groups is 1. The van der Waals surface area contributed by atoms with Gasteiger partial charge in [0.25, 0.3) is 5.91 Å². The molecule has 0 aliphatic carbocycles. The average molecular weight is 377 g/mol. The molecule has 4 rings (SSSR count). The quantitative estimate of drug-likeness (QED) is 0.757. The molecule has 1 aliphatic rings. The van der Waals surface area contributed by atoms with Crippen LogP contribution in [0.5, 0.6) is 5.75 Å². The summed E-state index contributed by atoms with van der Waals surface area (Å²) in [6.07, 6.45) is 1.62. The second-order valence-electron chi connectivity index (χ2n) is 6.76. The Balaban J connectivity index is 1.57. The lowest BCUT2D eigenvalue weighted by Crippen LogP contribution is -2.39. The molecule has 0 saturated carbocycles. The van der Waals surface area contributed by atoms with Crippen LogP contribution in [0.25, 0.3) is 10.8 Å². The molecule has 1 fully saturated rings. The number of benzene rings is 2. The summed E-state index contributed by atoms with van der Waals surface area (Å²) in [6, 6.07) is 16.0. The molecule has 2 aromatic carbocycles. The number of fused-ring (bicyclic) bond motifs is 1. The van der Waals surface area contributed by atoms with Crippen molar-refractivity contribution in [3.05, 3.63) is 65.9 Å². The number of ether oxygens (including phenoxy) is 2. The minimum atomic E-state index is -0.113. The monoisotopic (exact) mass is 377 g/mol. The van der Waals surface area contributed by atoms with Crippen LogP contribution in [0.1, 0.15) is 22.0 Å². The lowest BCUT2D eigenvalue weighted by atomic mass is 10.0. The summed E-state index contributed by atoms with van der Waals surface area (Å²) in [5.41, 5.74) is 1.74. The zero-order valence-corrected chi connectivity index (χ0v) is 16.0. The Morgan fingerprint density at radius 1 is 1.18 bits per heavy atom. The molecule has 0 spiro atoms. The van der Waals surface area contributed by atoms with Gasteiger partial charge in [0.1, 0.15) is 17.7 Å². The molecule has 6 nitrogen and oxygen atoms in total. The van der Waals surface area contributed by atoms with E-state index in [1.54, 1.807) is 26.4 Å². The average Bonchev–Trinajstić information content (AvgIpc) is 2.78. The molecule has 1 aromatic heterocycles. The van der Waals surface area contributed by atoms with E-state index < -0.39 is 0 Å². The number of aromatic nitrogens is 1. The molecule has 1 N–H and O–H groups in total. The van der Waals surface area contributed by atoms with Gasteiger partial charge >= 0.3 is 0 Å². The van der Waals surface area contributed by atoms with Crippen molar-refractivity contribution in [1.82, 2.24) is 10.3 Å². The van der Waals surface area contributed by atoms with Gasteiger partial charge in [-0.2, -0.15) is 0 Å². The summed E-state index contributed by atoms with van der Waals surface area (Å²) in [4.78, 5) is 18.5. The molecular weight excluding hydrogens is 354 g/mol. The summed E-state index contributed by atoms with van der Waals surface area (Å²) in [6.45, 7) is 2.04. The molecule has 1 amide bonds. The van der Waals surface area contributed by atoms with Gasteiger partial charge in [0.05, 0.1) is 13.7 Å². The lowest BCUT2D eigenvalue weighted by molar-refractivity contribution is 0.0396. The van der Waals surface area contributed by atoms with Gasteiger partial charge in [0.2, 0.25) is 0 Å². The van der Waals surface area contributed by atoms with Crippen molar-refractivity contribution < 1.29 is 14.3 Å². The van der Waals surface area contributed by atoms with Crippen molar-refractivity contribution in [3.8, 4) is 5.75 Å². The second-order valence-corrected chi connectivity index (χ2v) is 6.76. The number of pyridine rings is 1. The number of nitrogens with one attached hydrogen (secondary N) is 1. The standard InChI is InChI=1S/C22H23N3O3/c1-23-22(26)18-7-8-24-21(13-18)25-9-10-28-20(14-25)17-4-3-16-12-19(27-2)6-5-15(16)11-17/h3-8,11-13,20H,9-10,14H2,1-2H3,(H,23,26)/t20-/m0/s1. The number of amides is 1. The van der Waals surface area contributed by atoms with Crippen LogP contribution in [0, 0.1) is 0 Å². The van der Waals surface area contributed by atoms with E-state index >= 15 is 0 Å². The number of hydrogen-bond donors (Lipinski definition) is 1. The number of rotatable bonds is 4. The van der Waals surface area contributed by atoms with Crippen molar-refractivity contribution in [1.29, 1.82) is 0 Å². The third kappa shape index (κ3) is 3.64. The Morgan fingerprint density at radius 2 is 2.00 bits per heavy atom. The molecule has 144 valence electrons. The van der Waals surface area contributed by atoms with Gasteiger partial charge < -0.3 is 19.7 Å². The van der Waals surface area contributed by atoms with Gasteiger partial charge in [-0.05, 0) is 46.7 Å². The third-order valence-electron chi connectivity index (χ3n) is 5.07. The largest absolute Gasteiger partial charge is 0.497 e. The van der Waals surface area contributed by atoms with Crippen LogP contribution in [-0.4, -0.2) is 44.7 Å². The first-order valence-electron chi connectivity index (χ1n) is 9.30. The van der Waals surface area contributed by atoms with Gasteiger partial charge in [-0.3, -0.25) is 4.79 Å². The second kappa shape index (κ2) is 7.86. The van der Waals surface area contributed by atoms with E-state index in [-0.39, 0.29) is 12.0 Å². The number of methoxy groups -OCH3 is 1. The maximum absolute atomic E-state index is 11.9. The number of hydrogen-bond acceptors (Lipinski definition) is 5. The summed E-state index contributed by atoms with van der Waals surface area (Å²) in [5.74, 6) is 1.53. The Hall–Kier alpha value is -3.12. The van der Waals surface area contributed by atoms with E-state index in [9.17, 15) is 4.79 Å². The predicted molar refractivity (Wildman–Crippen MR) is 109 cm³/mol. The van der Waals surface area contributed by atoms with E-state index in [1.165, 1.54) is 0 Å². The van der Waals surface area contributed by atoms with Crippen LogP contribution in [0.2, 0.25) is 0 Å². The van der Waals surface area contributed by atoms with E-state index in [0.717, 1.165) is 34.4 Å². The Morgan fingerprint density at radius 3 is 2.82 bits per heavy atom. The van der Waals surface area contributed by atoms with Crippen molar-refractivity contribution >= 4 is 22.5 Å². The molecule has 28 heavy (non-hydrogen) atoms. The lowest BCUT2D eigenvalue weighted by Gasteiger charge is -2.34. The minimum absolute atomic E-state index is 0.0503. The molecule has 6 heteroatoms. The summed E-state index contributed by atoms with van der Waals surface area (Å²) in [7, 11) is 3.30. The van der Waals surface area contributed by atoms with E-state index in [4.69, 9.17) is 9.47 Å². The highest BCUT2D eigenvalue weighted by atomic mass is 16.5. The van der Waals surface area contributed by atoms with E-state index in [0.29, 0.717) is 18.7 Å². The highest BCUT2D eigenvalue weighted by Crippen LogP contribution is 2.29. The van der Waals surface area contributed by atoms with Gasteiger partial charge in [0.15, 0.2) is 0 Å². The number of carbonyl (C=O) groups excluding carboxylic acids is 1. The third-order valence-corrected chi connectivity index (χ3v) is 5.07. The molecule has 1 aliphatic heterocycles. The SMILES string of the molecule is CNC(=O)c1ccnc(N2CCO[C@H](c3ccc4cc(OC)ccc4c3)C2)c1. The topological polar surface area (TPSA) is 63.7 Å². The van der Waals surface area contributed by atoms with Crippen LogP contribution in [0.4, 0.5) is 5.82 Å². The van der Waals surface area contributed by atoms with Gasteiger partial charge in [-0.1, -0.05) is 18.2 Å². The van der Waals surface area contributed by atoms with E-state index in [1.807, 2.05) is 18.2 Å². The summed E-state index contributed by atoms with van der Waals surface area (Å²) < 4.78 is 11.3. The van der Waals surface area contributed by atoms with Crippen LogP contribution in [0.15, 0.2) is 54.7 Å². The Bertz CT molecular complexity index is 1010. The molecule has 2 heterocycles. The van der Waals surface area contributed by atoms with Crippen LogP contribution in [0.3, 0.4) is 0 Å². The van der Waals surface area contributed by atoms with Crippen molar-refractivity contribution in [3.63, 3.8) is 0 Å². The van der Waals surface area contributed by atoms with Gasteiger partial charge in [0, 0.05) is 31.9 Å². The first-order chi connectivity index (χ1) is 13.7. The molecule has 0 bridgehead atoms. The normalized spacial score (nSPS) is 16.8. The molecule has 3 aromatic rings. The van der Waals surface area contributed by atoms with Crippen LogP contribution in [-0.2, 0) is 4.74 Å². The molecule has 0 unspecified atom stereocenters. The zero-order chi connectivity index (χ0) is 19.5. The zero-order valence-electron chi connectivity index (χ0n) is 16.0. The fourth-order valence-corrected chi connectivity index (χ4v) is 3.51. The van der Waals surface area contributed by atoms with Gasteiger partial charge in [-0.15, -0.1) is 0 Å². The number of nitrogens with zero attached hydrogens (tertiary/aromatic N) is 2.